The number of esters is 1. The molecule has 0 amide bonds. The standard InChI is InChI=1S/C47H68O15/c1-22(2)17-30-23(3)35-33(59-43(30)55)19-32-29-12-9-26-18-28(13-15-46(26,5)31(29)14-16-47(32,35)21-49)58-45-41(37(51)36(50)34(20-48)60-45)62-44-39(53)38(52)40(24(4)57-44)61-42(54)25-7-10-27(56-6)11-8-25/h7-11,17,23-24,28-41,43-45,48-53,55H,12-16,18-21H2,1-6H3/t23-,24+,28?,29-,30-,31+,32+,33+,34-,35+,36-,37+,38+,39-,40+,41-,43-,44+,45-,46+,47-/m1/s1. The van der Waals surface area contributed by atoms with Crippen LogP contribution in [0.5, 0.6) is 5.75 Å². The van der Waals surface area contributed by atoms with Gasteiger partial charge in [-0.3, -0.25) is 0 Å². The highest BCUT2D eigenvalue weighted by molar-refractivity contribution is 5.89. The number of hydrogen-bond donors (Lipinski definition) is 7. The minimum atomic E-state index is -1.74. The van der Waals surface area contributed by atoms with E-state index in [9.17, 15) is 40.5 Å². The van der Waals surface area contributed by atoms with Crippen molar-refractivity contribution in [2.24, 2.45) is 46.3 Å². The quantitative estimate of drug-likeness (QED) is 0.133. The van der Waals surface area contributed by atoms with E-state index in [2.05, 4.69) is 26.0 Å². The van der Waals surface area contributed by atoms with E-state index < -0.39 is 80.3 Å². The van der Waals surface area contributed by atoms with Gasteiger partial charge in [0.1, 0.15) is 42.4 Å². The van der Waals surface area contributed by atoms with Crippen molar-refractivity contribution in [1.82, 2.24) is 0 Å². The Morgan fingerprint density at radius 3 is 2.27 bits per heavy atom. The monoisotopic (exact) mass is 872 g/mol. The number of aliphatic hydroxyl groups is 7. The largest absolute Gasteiger partial charge is 0.497 e. The summed E-state index contributed by atoms with van der Waals surface area (Å²) in [5, 5.41) is 77.1. The zero-order chi connectivity index (χ0) is 44.4. The van der Waals surface area contributed by atoms with Gasteiger partial charge in [0.15, 0.2) is 25.0 Å². The molecule has 4 aliphatic carbocycles. The maximum absolute atomic E-state index is 12.9. The first-order valence-electron chi connectivity index (χ1n) is 22.6. The Bertz CT molecular complexity index is 1800. The molecule has 346 valence electrons. The van der Waals surface area contributed by atoms with Gasteiger partial charge in [0.05, 0.1) is 37.6 Å². The van der Waals surface area contributed by atoms with E-state index in [1.165, 1.54) is 24.8 Å². The normalized spacial score (nSPS) is 47.5. The minimum absolute atomic E-state index is 0.0991. The second-order valence-electron chi connectivity index (χ2n) is 19.8. The zero-order valence-electron chi connectivity index (χ0n) is 36.7. The first-order chi connectivity index (χ1) is 29.5. The molecule has 15 heteroatoms. The number of benzene rings is 1. The van der Waals surface area contributed by atoms with Gasteiger partial charge in [-0.05, 0) is 125 Å². The number of fused-ring (bicyclic) bond motifs is 7. The molecule has 3 saturated carbocycles. The molecule has 1 aromatic rings. The van der Waals surface area contributed by atoms with E-state index in [-0.39, 0.29) is 58.9 Å². The van der Waals surface area contributed by atoms with Gasteiger partial charge in [-0.25, -0.2) is 4.79 Å². The van der Waals surface area contributed by atoms with Crippen molar-refractivity contribution in [3.63, 3.8) is 0 Å². The highest BCUT2D eigenvalue weighted by atomic mass is 16.8. The fraction of sp³-hybridized carbons (Fsp3) is 0.766. The summed E-state index contributed by atoms with van der Waals surface area (Å²) < 4.78 is 41.8. The fourth-order valence-electron chi connectivity index (χ4n) is 13.1. The van der Waals surface area contributed by atoms with E-state index in [0.717, 1.165) is 37.7 Å². The van der Waals surface area contributed by atoms with Gasteiger partial charge in [0.2, 0.25) is 0 Å². The van der Waals surface area contributed by atoms with Crippen molar-refractivity contribution < 1.29 is 73.7 Å². The molecule has 1 aromatic carbocycles. The molecule has 6 fully saturated rings. The maximum atomic E-state index is 12.9. The number of rotatable bonds is 10. The van der Waals surface area contributed by atoms with Crippen molar-refractivity contribution in [2.45, 2.75) is 159 Å². The summed E-state index contributed by atoms with van der Waals surface area (Å²) in [7, 11) is 1.50. The summed E-state index contributed by atoms with van der Waals surface area (Å²) in [6.45, 7) is 9.73. The Balaban J connectivity index is 0.951. The van der Waals surface area contributed by atoms with Crippen molar-refractivity contribution in [3.8, 4) is 5.75 Å². The molecule has 3 aliphatic heterocycles. The van der Waals surface area contributed by atoms with E-state index in [1.54, 1.807) is 19.1 Å². The third-order valence-electron chi connectivity index (χ3n) is 16.3. The van der Waals surface area contributed by atoms with Crippen LogP contribution in [-0.2, 0) is 28.4 Å². The highest BCUT2D eigenvalue weighted by Crippen LogP contribution is 2.69. The number of allylic oxidation sites excluding steroid dienone is 2. The van der Waals surface area contributed by atoms with Crippen molar-refractivity contribution in [2.75, 3.05) is 20.3 Å². The van der Waals surface area contributed by atoms with Crippen LogP contribution < -0.4 is 4.74 Å². The van der Waals surface area contributed by atoms with Crippen LogP contribution in [0.25, 0.3) is 0 Å². The summed E-state index contributed by atoms with van der Waals surface area (Å²) in [5.74, 6) is 1.00. The number of aliphatic hydroxyl groups excluding tert-OH is 7. The van der Waals surface area contributed by atoms with Crippen LogP contribution in [0.15, 0.2) is 47.6 Å². The van der Waals surface area contributed by atoms with Crippen molar-refractivity contribution >= 4 is 5.97 Å². The molecule has 1 unspecified atom stereocenters. The number of methoxy groups -OCH3 is 1. The van der Waals surface area contributed by atoms with Crippen molar-refractivity contribution in [3.05, 3.63) is 53.1 Å². The first-order valence-corrected chi connectivity index (χ1v) is 22.6. The van der Waals surface area contributed by atoms with Crippen LogP contribution in [0.4, 0.5) is 0 Å². The van der Waals surface area contributed by atoms with Gasteiger partial charge in [-0.15, -0.1) is 0 Å². The predicted octanol–water partition coefficient (Wildman–Crippen LogP) is 2.99. The second-order valence-corrected chi connectivity index (χ2v) is 19.8. The molecule has 0 spiro atoms. The topological polar surface area (TPSA) is 223 Å². The first kappa shape index (κ1) is 46.0. The van der Waals surface area contributed by atoms with E-state index in [0.29, 0.717) is 30.4 Å². The Morgan fingerprint density at radius 1 is 0.871 bits per heavy atom. The SMILES string of the molecule is COc1ccc(C(=O)O[C@@H]2[C@@H](O)[C@@H](O)[C@H](O[C@H]3[C@H](OC4CC[C@@]5(C)C(=CC[C@H]6[C@@H]7C[C@@H]8O[C@@H](O)[C@H](C=C(C)C)[C@@H](C)[C@@H]8[C@@]7(CO)CC[C@@H]65)C4)O[C@H](CO)[C@@H](O)[C@@H]3O)O[C@H]2C)cc1. The van der Waals surface area contributed by atoms with Gasteiger partial charge in [0, 0.05) is 17.9 Å². The predicted molar refractivity (Wildman–Crippen MR) is 221 cm³/mol. The lowest BCUT2D eigenvalue weighted by atomic mass is 9.46. The molecule has 8 rings (SSSR count). The Kier molecular flexibility index (Phi) is 13.4. The average Bonchev–Trinajstić information content (AvgIpc) is 3.59. The van der Waals surface area contributed by atoms with Gasteiger partial charge < -0.3 is 68.9 Å². The third-order valence-corrected chi connectivity index (χ3v) is 16.3. The van der Waals surface area contributed by atoms with E-state index in [4.69, 9.17) is 33.2 Å². The zero-order valence-corrected chi connectivity index (χ0v) is 36.7. The lowest BCUT2D eigenvalue weighted by Gasteiger charge is -2.59. The molecular weight excluding hydrogens is 805 g/mol. The number of ether oxygens (including phenoxy) is 7. The molecule has 62 heavy (non-hydrogen) atoms. The summed E-state index contributed by atoms with van der Waals surface area (Å²) in [4.78, 5) is 12.9. The maximum Gasteiger partial charge on any atom is 0.338 e. The van der Waals surface area contributed by atoms with Gasteiger partial charge in [-0.2, -0.15) is 0 Å². The smallest absolute Gasteiger partial charge is 0.338 e. The minimum Gasteiger partial charge on any atom is -0.497 e. The van der Waals surface area contributed by atoms with Crippen LogP contribution in [0.1, 0.15) is 89.9 Å². The van der Waals surface area contributed by atoms with Gasteiger partial charge >= 0.3 is 5.97 Å². The Labute approximate surface area is 363 Å². The molecule has 0 bridgehead atoms. The molecular formula is C47H68O15. The fourth-order valence-corrected chi connectivity index (χ4v) is 13.1. The third kappa shape index (κ3) is 7.99. The Hall–Kier alpha value is -2.51. The molecule has 3 heterocycles. The lowest BCUT2D eigenvalue weighted by Crippen LogP contribution is -2.64. The van der Waals surface area contributed by atoms with Crippen LogP contribution in [0.3, 0.4) is 0 Å². The van der Waals surface area contributed by atoms with Crippen LogP contribution in [0.2, 0.25) is 0 Å². The molecule has 15 nitrogen and oxygen atoms in total. The highest BCUT2D eigenvalue weighted by Gasteiger charge is 2.66. The molecule has 3 saturated heterocycles. The van der Waals surface area contributed by atoms with Crippen molar-refractivity contribution in [1.29, 1.82) is 0 Å². The molecule has 0 radical (unpaired) electrons. The van der Waals surface area contributed by atoms with Crippen LogP contribution in [-0.4, -0.2) is 142 Å². The van der Waals surface area contributed by atoms with E-state index in [1.807, 2.05) is 13.8 Å². The summed E-state index contributed by atoms with van der Waals surface area (Å²) in [5.41, 5.74) is 2.25. The van der Waals surface area contributed by atoms with Gasteiger partial charge in [0.25, 0.3) is 0 Å². The summed E-state index contributed by atoms with van der Waals surface area (Å²) >= 11 is 0. The van der Waals surface area contributed by atoms with Crippen LogP contribution >= 0.6 is 0 Å². The second kappa shape index (κ2) is 18.0. The summed E-state index contributed by atoms with van der Waals surface area (Å²) in [6, 6.07) is 6.21. The average molecular weight is 873 g/mol. The summed E-state index contributed by atoms with van der Waals surface area (Å²) in [6.07, 6.45) is -5.44. The van der Waals surface area contributed by atoms with Gasteiger partial charge in [-0.1, -0.05) is 37.1 Å². The molecule has 7 N–H and O–H groups in total. The van der Waals surface area contributed by atoms with E-state index >= 15 is 0 Å². The Morgan fingerprint density at radius 2 is 1.60 bits per heavy atom. The number of carbonyl (C=O) groups is 1. The number of hydrogen-bond acceptors (Lipinski definition) is 15. The lowest BCUT2D eigenvalue weighted by molar-refractivity contribution is -0.369. The molecule has 0 aromatic heterocycles. The number of carbonyl (C=O) groups excluding carboxylic acids is 1. The van der Waals surface area contributed by atoms with Crippen LogP contribution in [0, 0.1) is 46.3 Å². The molecule has 21 atom stereocenters. The molecule has 7 aliphatic rings.